The Kier molecular flexibility index (Phi) is 4.96. The summed E-state index contributed by atoms with van der Waals surface area (Å²) in [5, 5.41) is 3.40. The Bertz CT molecular complexity index is 1050. The van der Waals surface area contributed by atoms with Crippen molar-refractivity contribution in [3.63, 3.8) is 0 Å². The van der Waals surface area contributed by atoms with Crippen molar-refractivity contribution >= 4 is 29.5 Å². The fraction of sp³-hybridized carbons (Fsp3) is 0.368. The molecule has 1 aromatic carbocycles. The number of rotatable bonds is 3. The molecule has 0 spiro atoms. The number of aryl methyl sites for hydroxylation is 1. The lowest BCUT2D eigenvalue weighted by molar-refractivity contribution is 0.407. The number of fused-ring (bicyclic) bond motifs is 1. The van der Waals surface area contributed by atoms with Gasteiger partial charge in [-0.15, -0.1) is 0 Å². The van der Waals surface area contributed by atoms with Crippen LogP contribution in [0.15, 0.2) is 18.3 Å². The molecular weight excluding hydrogens is 387 g/mol. The number of hydrogen-bond donors (Lipinski definition) is 3. The number of anilines is 1. The van der Waals surface area contributed by atoms with E-state index in [1.807, 2.05) is 0 Å². The van der Waals surface area contributed by atoms with Crippen molar-refractivity contribution in [2.75, 3.05) is 5.32 Å². The Morgan fingerprint density at radius 2 is 2.00 bits per heavy atom. The first-order valence-electron chi connectivity index (χ1n) is 9.09. The second-order valence-electron chi connectivity index (χ2n) is 7.23. The molecule has 2 atom stereocenters. The van der Waals surface area contributed by atoms with Crippen LogP contribution in [0.5, 0.6) is 0 Å². The van der Waals surface area contributed by atoms with Crippen molar-refractivity contribution in [3.8, 4) is 11.4 Å². The molecule has 4 rings (SSSR count). The quantitative estimate of drug-likeness (QED) is 0.569. The zero-order chi connectivity index (χ0) is 20.0. The highest BCUT2D eigenvalue weighted by Gasteiger charge is 2.23. The van der Waals surface area contributed by atoms with Crippen LogP contribution in [-0.4, -0.2) is 26.0 Å². The number of nitrogens with zero attached hydrogens (tertiary/aromatic N) is 3. The molecule has 0 saturated heterocycles. The summed E-state index contributed by atoms with van der Waals surface area (Å²) in [4.78, 5) is 8.51. The molecule has 2 heterocycles. The molecule has 148 valence electrons. The normalized spacial score (nSPS) is 19.9. The summed E-state index contributed by atoms with van der Waals surface area (Å²) in [7, 11) is 0. The summed E-state index contributed by atoms with van der Waals surface area (Å²) >= 11 is 4.21. The van der Waals surface area contributed by atoms with E-state index in [1.165, 1.54) is 23.2 Å². The van der Waals surface area contributed by atoms with Gasteiger partial charge in [-0.2, -0.15) is 0 Å². The molecule has 28 heavy (non-hydrogen) atoms. The van der Waals surface area contributed by atoms with Crippen LogP contribution >= 0.6 is 12.8 Å². The second-order valence-corrected chi connectivity index (χ2v) is 7.67. The monoisotopic (exact) mass is 407 g/mol. The predicted octanol–water partition coefficient (Wildman–Crippen LogP) is 4.20. The largest absolute Gasteiger partial charge is 0.365 e. The average Bonchev–Trinajstić information content (AvgIpc) is 2.95. The molecule has 0 bridgehead atoms. The third kappa shape index (κ3) is 3.44. The Morgan fingerprint density at radius 3 is 2.75 bits per heavy atom. The SMILES string of the molecule is Cc1nc(-c2cn(S)c3c(F)cc(F)cc23)nc(N[C@@H]2CCC[C@@H](N)C2)c1F. The van der Waals surface area contributed by atoms with Crippen molar-refractivity contribution in [3.05, 3.63) is 41.5 Å². The minimum absolute atomic E-state index is 0.0153. The fourth-order valence-corrected chi connectivity index (χ4v) is 4.08. The highest BCUT2D eigenvalue weighted by Crippen LogP contribution is 2.33. The van der Waals surface area contributed by atoms with Crippen molar-refractivity contribution < 1.29 is 13.2 Å². The minimum atomic E-state index is -0.746. The first-order chi connectivity index (χ1) is 13.3. The zero-order valence-corrected chi connectivity index (χ0v) is 16.1. The molecule has 5 nitrogen and oxygen atoms in total. The highest BCUT2D eigenvalue weighted by molar-refractivity contribution is 7.78. The van der Waals surface area contributed by atoms with Crippen LogP contribution in [0.3, 0.4) is 0 Å². The van der Waals surface area contributed by atoms with Crippen molar-refractivity contribution in [1.29, 1.82) is 0 Å². The van der Waals surface area contributed by atoms with Gasteiger partial charge >= 0.3 is 0 Å². The van der Waals surface area contributed by atoms with Gasteiger partial charge in [0.1, 0.15) is 5.82 Å². The molecule has 9 heteroatoms. The van der Waals surface area contributed by atoms with Gasteiger partial charge in [0, 0.05) is 35.3 Å². The van der Waals surface area contributed by atoms with Gasteiger partial charge in [0.05, 0.1) is 11.2 Å². The van der Waals surface area contributed by atoms with E-state index in [0.29, 0.717) is 5.56 Å². The summed E-state index contributed by atoms with van der Waals surface area (Å²) in [6.07, 6.45) is 5.00. The van der Waals surface area contributed by atoms with E-state index in [9.17, 15) is 13.2 Å². The van der Waals surface area contributed by atoms with Crippen LogP contribution in [-0.2, 0) is 0 Å². The van der Waals surface area contributed by atoms with Gasteiger partial charge in [0.15, 0.2) is 23.3 Å². The molecule has 0 radical (unpaired) electrons. The van der Waals surface area contributed by atoms with Crippen LogP contribution in [0.4, 0.5) is 19.0 Å². The maximum absolute atomic E-state index is 14.6. The summed E-state index contributed by atoms with van der Waals surface area (Å²) in [5.41, 5.74) is 6.63. The van der Waals surface area contributed by atoms with E-state index in [-0.39, 0.29) is 40.3 Å². The Labute approximate surface area is 165 Å². The standard InChI is InChI=1S/C19H20F3N5S/c1-9-16(22)19(25-12-4-2-3-11(23)7-12)26-18(24-9)14-8-27(28)17-13(14)5-10(20)6-15(17)21/h5-6,8,11-12,28H,2-4,7,23H2,1H3,(H,24,25,26)/t11-,12-/m1/s1. The molecule has 2 aromatic heterocycles. The topological polar surface area (TPSA) is 68.8 Å². The number of halogens is 3. The number of thiol groups is 1. The maximum atomic E-state index is 14.6. The van der Waals surface area contributed by atoms with E-state index < -0.39 is 17.5 Å². The lowest BCUT2D eigenvalue weighted by atomic mass is 9.91. The second kappa shape index (κ2) is 7.29. The number of nitrogens with two attached hydrogens (primary N) is 1. The average molecular weight is 407 g/mol. The van der Waals surface area contributed by atoms with Crippen LogP contribution in [0.25, 0.3) is 22.3 Å². The third-order valence-corrected chi connectivity index (χ3v) is 5.43. The number of benzene rings is 1. The van der Waals surface area contributed by atoms with E-state index >= 15 is 0 Å². The molecule has 0 amide bonds. The van der Waals surface area contributed by atoms with Crippen LogP contribution in [0.2, 0.25) is 0 Å². The van der Waals surface area contributed by atoms with E-state index in [4.69, 9.17) is 5.73 Å². The molecule has 1 aliphatic rings. The molecule has 1 fully saturated rings. The van der Waals surface area contributed by atoms with Gasteiger partial charge < -0.3 is 11.1 Å². The van der Waals surface area contributed by atoms with Crippen LogP contribution in [0.1, 0.15) is 31.4 Å². The first-order valence-corrected chi connectivity index (χ1v) is 9.49. The van der Waals surface area contributed by atoms with E-state index in [2.05, 4.69) is 28.1 Å². The Morgan fingerprint density at radius 1 is 1.21 bits per heavy atom. The highest BCUT2D eigenvalue weighted by atomic mass is 32.1. The van der Waals surface area contributed by atoms with Gasteiger partial charge in [-0.1, -0.05) is 12.8 Å². The predicted molar refractivity (Wildman–Crippen MR) is 106 cm³/mol. The summed E-state index contributed by atoms with van der Waals surface area (Å²) in [6, 6.07) is 2.07. The number of aromatic nitrogens is 3. The molecule has 3 N–H and O–H groups in total. The number of hydrogen-bond acceptors (Lipinski definition) is 5. The number of nitrogens with one attached hydrogen (secondary N) is 1. The molecular formula is C19H20F3N5S. The lowest BCUT2D eigenvalue weighted by Crippen LogP contribution is -2.35. The van der Waals surface area contributed by atoms with Gasteiger partial charge in [-0.3, -0.25) is 3.97 Å². The van der Waals surface area contributed by atoms with Gasteiger partial charge in [-0.25, -0.2) is 23.1 Å². The summed E-state index contributed by atoms with van der Waals surface area (Å²) < 4.78 is 43.8. The molecule has 0 aliphatic heterocycles. The molecule has 0 unspecified atom stereocenters. The fourth-order valence-electron chi connectivity index (χ4n) is 3.77. The molecule has 1 aliphatic carbocycles. The third-order valence-electron chi connectivity index (χ3n) is 5.11. The van der Waals surface area contributed by atoms with Crippen molar-refractivity contribution in [1.82, 2.24) is 13.9 Å². The van der Waals surface area contributed by atoms with E-state index in [0.717, 1.165) is 31.7 Å². The smallest absolute Gasteiger partial charge is 0.186 e. The van der Waals surface area contributed by atoms with Gasteiger partial charge in [-0.05, 0) is 38.7 Å². The molecule has 3 aromatic rings. The Hall–Kier alpha value is -2.26. The van der Waals surface area contributed by atoms with Gasteiger partial charge in [0.2, 0.25) is 0 Å². The summed E-state index contributed by atoms with van der Waals surface area (Å²) in [6.45, 7) is 1.53. The van der Waals surface area contributed by atoms with E-state index in [1.54, 1.807) is 0 Å². The maximum Gasteiger partial charge on any atom is 0.186 e. The molecule has 1 saturated carbocycles. The van der Waals surface area contributed by atoms with Crippen LogP contribution in [0, 0.1) is 24.4 Å². The summed E-state index contributed by atoms with van der Waals surface area (Å²) in [5.74, 6) is -1.78. The van der Waals surface area contributed by atoms with Crippen molar-refractivity contribution in [2.45, 2.75) is 44.7 Å². The van der Waals surface area contributed by atoms with Crippen LogP contribution < -0.4 is 11.1 Å². The lowest BCUT2D eigenvalue weighted by Gasteiger charge is -2.28. The zero-order valence-electron chi connectivity index (χ0n) is 15.2. The van der Waals surface area contributed by atoms with Crippen molar-refractivity contribution in [2.24, 2.45) is 5.73 Å². The van der Waals surface area contributed by atoms with Gasteiger partial charge in [0.25, 0.3) is 0 Å². The Balaban J connectivity index is 1.79. The first kappa shape index (κ1) is 19.1. The minimum Gasteiger partial charge on any atom is -0.365 e.